The molecule has 1 saturated heterocycles. The summed E-state index contributed by atoms with van der Waals surface area (Å²) >= 11 is 0. The third kappa shape index (κ3) is 1.67. The van der Waals surface area contributed by atoms with Crippen LogP contribution in [0.5, 0.6) is 5.75 Å². The van der Waals surface area contributed by atoms with Crippen LogP contribution < -0.4 is 10.2 Å². The minimum atomic E-state index is -0.292. The molecule has 0 spiro atoms. The largest absolute Gasteiger partial charge is 0.495 e. The zero-order chi connectivity index (χ0) is 13.0. The summed E-state index contributed by atoms with van der Waals surface area (Å²) in [6.07, 6.45) is 0.940. The summed E-state index contributed by atoms with van der Waals surface area (Å²) in [6, 6.07) is 6.09. The van der Waals surface area contributed by atoms with Crippen LogP contribution in [0.2, 0.25) is 0 Å². The van der Waals surface area contributed by atoms with Crippen LogP contribution in [0.15, 0.2) is 18.2 Å². The molecule has 1 fully saturated rings. The fourth-order valence-corrected chi connectivity index (χ4v) is 2.44. The zero-order valence-corrected chi connectivity index (χ0v) is 11.4. The van der Waals surface area contributed by atoms with Crippen molar-refractivity contribution in [2.24, 2.45) is 0 Å². The van der Waals surface area contributed by atoms with E-state index in [1.807, 2.05) is 12.1 Å². The lowest BCUT2D eigenvalue weighted by molar-refractivity contribution is 0.00578. The molecule has 0 aromatic heterocycles. The van der Waals surface area contributed by atoms with E-state index in [2.05, 4.69) is 33.8 Å². The maximum atomic E-state index is 6.10. The first-order valence-corrected chi connectivity index (χ1v) is 6.51. The predicted octanol–water partition coefficient (Wildman–Crippen LogP) is 1.92. The number of fused-ring (bicyclic) bond motifs is 1. The predicted molar refractivity (Wildman–Crippen MR) is 71.4 cm³/mol. The lowest BCUT2D eigenvalue weighted by Crippen LogP contribution is -2.41. The quantitative estimate of drug-likeness (QED) is 0.708. The second-order valence-corrected chi connectivity index (χ2v) is 6.01. The minimum absolute atomic E-state index is 0.286. The smallest absolute Gasteiger partial charge is 0.493 e. The molecule has 1 aromatic rings. The van der Waals surface area contributed by atoms with Gasteiger partial charge in [-0.1, -0.05) is 12.1 Å². The SMILES string of the molecule is CC1(C)OB(c2cccc3c2CCO3)OC1(C)C. The van der Waals surface area contributed by atoms with Crippen LogP contribution in [0.3, 0.4) is 0 Å². The van der Waals surface area contributed by atoms with Gasteiger partial charge in [-0.3, -0.25) is 0 Å². The van der Waals surface area contributed by atoms with Gasteiger partial charge in [0, 0.05) is 6.42 Å². The molecule has 3 rings (SSSR count). The summed E-state index contributed by atoms with van der Waals surface area (Å²) < 4.78 is 17.8. The van der Waals surface area contributed by atoms with Gasteiger partial charge >= 0.3 is 7.12 Å². The van der Waals surface area contributed by atoms with Crippen molar-refractivity contribution in [3.05, 3.63) is 23.8 Å². The van der Waals surface area contributed by atoms with Crippen molar-refractivity contribution < 1.29 is 14.0 Å². The number of hydrogen-bond donors (Lipinski definition) is 0. The van der Waals surface area contributed by atoms with Crippen molar-refractivity contribution in [3.8, 4) is 5.75 Å². The first-order chi connectivity index (χ1) is 8.41. The molecule has 18 heavy (non-hydrogen) atoms. The average molecular weight is 246 g/mol. The van der Waals surface area contributed by atoms with Gasteiger partial charge in [-0.25, -0.2) is 0 Å². The van der Waals surface area contributed by atoms with Crippen LogP contribution in [0.1, 0.15) is 33.3 Å². The molecule has 96 valence electrons. The fraction of sp³-hybridized carbons (Fsp3) is 0.571. The Hall–Kier alpha value is -0.995. The Bertz CT molecular complexity index is 466. The van der Waals surface area contributed by atoms with E-state index in [1.165, 1.54) is 5.56 Å². The maximum absolute atomic E-state index is 6.10. The Morgan fingerprint density at radius 1 is 1.06 bits per heavy atom. The molecule has 0 aliphatic carbocycles. The molecule has 2 aliphatic heterocycles. The highest BCUT2D eigenvalue weighted by Gasteiger charge is 2.52. The van der Waals surface area contributed by atoms with Crippen LogP contribution in [-0.4, -0.2) is 24.9 Å². The monoisotopic (exact) mass is 246 g/mol. The average Bonchev–Trinajstić information content (AvgIpc) is 2.81. The second-order valence-electron chi connectivity index (χ2n) is 6.01. The third-order valence-electron chi connectivity index (χ3n) is 4.29. The fourth-order valence-electron chi connectivity index (χ4n) is 2.44. The molecular formula is C14H19BO3. The maximum Gasteiger partial charge on any atom is 0.495 e. The van der Waals surface area contributed by atoms with Crippen LogP contribution >= 0.6 is 0 Å². The number of ether oxygens (including phenoxy) is 1. The van der Waals surface area contributed by atoms with Gasteiger partial charge in [-0.05, 0) is 44.8 Å². The number of hydrogen-bond acceptors (Lipinski definition) is 3. The van der Waals surface area contributed by atoms with E-state index in [4.69, 9.17) is 14.0 Å². The van der Waals surface area contributed by atoms with Crippen LogP contribution in [0.25, 0.3) is 0 Å². The van der Waals surface area contributed by atoms with Crippen molar-refractivity contribution in [3.63, 3.8) is 0 Å². The standard InChI is InChI=1S/C14H19BO3/c1-13(2)14(3,4)18-15(17-13)11-6-5-7-12-10(11)8-9-16-12/h5-7H,8-9H2,1-4H3. The molecule has 2 aliphatic rings. The van der Waals surface area contributed by atoms with Crippen molar-refractivity contribution in [2.45, 2.75) is 45.3 Å². The number of benzene rings is 1. The molecule has 1 aromatic carbocycles. The van der Waals surface area contributed by atoms with Gasteiger partial charge in [0.05, 0.1) is 17.8 Å². The van der Waals surface area contributed by atoms with Gasteiger partial charge in [0.2, 0.25) is 0 Å². The third-order valence-corrected chi connectivity index (χ3v) is 4.29. The van der Waals surface area contributed by atoms with Crippen LogP contribution in [-0.2, 0) is 15.7 Å². The van der Waals surface area contributed by atoms with E-state index in [-0.39, 0.29) is 18.3 Å². The van der Waals surface area contributed by atoms with Gasteiger partial charge in [0.15, 0.2) is 0 Å². The zero-order valence-electron chi connectivity index (χ0n) is 11.4. The summed E-state index contributed by atoms with van der Waals surface area (Å²) in [6.45, 7) is 9.06. The lowest BCUT2D eigenvalue weighted by Gasteiger charge is -2.32. The molecule has 4 heteroatoms. The first-order valence-electron chi connectivity index (χ1n) is 6.51. The van der Waals surface area contributed by atoms with Crippen LogP contribution in [0.4, 0.5) is 0 Å². The second kappa shape index (κ2) is 3.75. The van der Waals surface area contributed by atoms with Gasteiger partial charge in [0.1, 0.15) is 5.75 Å². The van der Waals surface area contributed by atoms with Crippen molar-refractivity contribution in [1.29, 1.82) is 0 Å². The Kier molecular flexibility index (Phi) is 2.51. The van der Waals surface area contributed by atoms with Crippen molar-refractivity contribution in [2.75, 3.05) is 6.61 Å². The van der Waals surface area contributed by atoms with E-state index in [0.29, 0.717) is 0 Å². The van der Waals surface area contributed by atoms with Gasteiger partial charge in [-0.2, -0.15) is 0 Å². The summed E-state index contributed by atoms with van der Waals surface area (Å²) in [7, 11) is -0.286. The first kappa shape index (κ1) is 12.1. The summed E-state index contributed by atoms with van der Waals surface area (Å²) in [5, 5.41) is 0. The lowest BCUT2D eigenvalue weighted by atomic mass is 9.75. The molecule has 3 nitrogen and oxygen atoms in total. The highest BCUT2D eigenvalue weighted by Crippen LogP contribution is 2.37. The van der Waals surface area contributed by atoms with Crippen molar-refractivity contribution in [1.82, 2.24) is 0 Å². The summed E-state index contributed by atoms with van der Waals surface area (Å²) in [5.74, 6) is 0.974. The molecule has 0 unspecified atom stereocenters. The Balaban J connectivity index is 1.97. The Labute approximate surface area is 109 Å². The van der Waals surface area contributed by atoms with E-state index >= 15 is 0 Å². The molecule has 0 amide bonds. The highest BCUT2D eigenvalue weighted by atomic mass is 16.7. The van der Waals surface area contributed by atoms with Crippen LogP contribution in [0, 0.1) is 0 Å². The molecule has 0 N–H and O–H groups in total. The molecular weight excluding hydrogens is 227 g/mol. The Morgan fingerprint density at radius 3 is 2.39 bits per heavy atom. The van der Waals surface area contributed by atoms with Gasteiger partial charge in [0.25, 0.3) is 0 Å². The van der Waals surface area contributed by atoms with E-state index in [9.17, 15) is 0 Å². The number of rotatable bonds is 1. The van der Waals surface area contributed by atoms with Gasteiger partial charge < -0.3 is 14.0 Å². The minimum Gasteiger partial charge on any atom is -0.493 e. The van der Waals surface area contributed by atoms with Gasteiger partial charge in [-0.15, -0.1) is 0 Å². The summed E-state index contributed by atoms with van der Waals surface area (Å²) in [4.78, 5) is 0. The van der Waals surface area contributed by atoms with E-state index in [0.717, 1.165) is 24.2 Å². The summed E-state index contributed by atoms with van der Waals surface area (Å²) in [5.41, 5.74) is 1.76. The molecule has 0 atom stereocenters. The molecule has 0 saturated carbocycles. The highest BCUT2D eigenvalue weighted by molar-refractivity contribution is 6.62. The molecule has 2 heterocycles. The molecule has 0 radical (unpaired) electrons. The molecule has 0 bridgehead atoms. The van der Waals surface area contributed by atoms with Crippen molar-refractivity contribution >= 4 is 12.6 Å². The topological polar surface area (TPSA) is 27.7 Å². The van der Waals surface area contributed by atoms with E-state index < -0.39 is 0 Å². The normalized spacial score (nSPS) is 23.9. The van der Waals surface area contributed by atoms with E-state index in [1.54, 1.807) is 0 Å². The Morgan fingerprint density at radius 2 is 1.72 bits per heavy atom.